The van der Waals surface area contributed by atoms with Crippen LogP contribution in [0.4, 0.5) is 5.69 Å². The standard InChI is InChI=1S/C13H16BrNO2/c1-3-13(17)10-7-12-9(6-11(10)14)4-5-15(12)8(2)16/h6-7,13,17H,3-5H2,1-2H3/t13-/m0/s1. The zero-order valence-electron chi connectivity index (χ0n) is 10.0. The van der Waals surface area contributed by atoms with Crippen LogP contribution < -0.4 is 4.90 Å². The Labute approximate surface area is 110 Å². The number of aliphatic hydroxyl groups excluding tert-OH is 1. The summed E-state index contributed by atoms with van der Waals surface area (Å²) >= 11 is 3.48. The first kappa shape index (κ1) is 12.6. The van der Waals surface area contributed by atoms with E-state index in [1.807, 2.05) is 19.1 Å². The van der Waals surface area contributed by atoms with Gasteiger partial charge in [-0.3, -0.25) is 4.79 Å². The number of hydrogen-bond acceptors (Lipinski definition) is 2. The van der Waals surface area contributed by atoms with Crippen molar-refractivity contribution in [1.29, 1.82) is 0 Å². The number of carbonyl (C=O) groups excluding carboxylic acids is 1. The van der Waals surface area contributed by atoms with Crippen molar-refractivity contribution in [3.8, 4) is 0 Å². The minimum atomic E-state index is -0.482. The first-order valence-corrected chi connectivity index (χ1v) is 6.62. The van der Waals surface area contributed by atoms with Crippen LogP contribution >= 0.6 is 15.9 Å². The van der Waals surface area contributed by atoms with Crippen LogP contribution in [0.2, 0.25) is 0 Å². The molecular weight excluding hydrogens is 282 g/mol. The van der Waals surface area contributed by atoms with Crippen LogP contribution in [0.5, 0.6) is 0 Å². The molecule has 1 aromatic carbocycles. The fourth-order valence-corrected chi connectivity index (χ4v) is 2.88. The van der Waals surface area contributed by atoms with Crippen molar-refractivity contribution in [2.45, 2.75) is 32.8 Å². The highest BCUT2D eigenvalue weighted by Gasteiger charge is 2.24. The Morgan fingerprint density at radius 1 is 1.59 bits per heavy atom. The van der Waals surface area contributed by atoms with Crippen molar-refractivity contribution < 1.29 is 9.90 Å². The van der Waals surface area contributed by atoms with Crippen molar-refractivity contribution in [1.82, 2.24) is 0 Å². The molecule has 1 aliphatic heterocycles. The summed E-state index contributed by atoms with van der Waals surface area (Å²) < 4.78 is 0.927. The minimum absolute atomic E-state index is 0.0583. The lowest BCUT2D eigenvalue weighted by atomic mass is 10.0. The summed E-state index contributed by atoms with van der Waals surface area (Å²) in [6, 6.07) is 3.95. The monoisotopic (exact) mass is 297 g/mol. The molecular formula is C13H16BrNO2. The van der Waals surface area contributed by atoms with Gasteiger partial charge < -0.3 is 10.0 Å². The maximum atomic E-state index is 11.5. The average molecular weight is 298 g/mol. The predicted molar refractivity (Wildman–Crippen MR) is 71.1 cm³/mol. The van der Waals surface area contributed by atoms with E-state index >= 15 is 0 Å². The molecule has 3 nitrogen and oxygen atoms in total. The number of amides is 1. The van der Waals surface area contributed by atoms with E-state index < -0.39 is 6.10 Å². The van der Waals surface area contributed by atoms with Gasteiger partial charge in [0, 0.05) is 23.6 Å². The number of nitrogens with zero attached hydrogens (tertiary/aromatic N) is 1. The number of aliphatic hydroxyl groups is 1. The van der Waals surface area contributed by atoms with E-state index in [0.717, 1.165) is 28.7 Å². The Bertz CT molecular complexity index is 459. The zero-order valence-corrected chi connectivity index (χ0v) is 11.6. The Morgan fingerprint density at radius 2 is 2.29 bits per heavy atom. The van der Waals surface area contributed by atoms with Crippen LogP contribution in [-0.2, 0) is 11.2 Å². The number of halogens is 1. The molecule has 1 atom stereocenters. The van der Waals surface area contributed by atoms with Crippen molar-refractivity contribution in [3.63, 3.8) is 0 Å². The SMILES string of the molecule is CC[C@H](O)c1cc2c(cc1Br)CCN2C(C)=O. The van der Waals surface area contributed by atoms with Crippen molar-refractivity contribution in [2.24, 2.45) is 0 Å². The second-order valence-corrected chi connectivity index (χ2v) is 5.20. The fourth-order valence-electron chi connectivity index (χ4n) is 2.23. The fraction of sp³-hybridized carbons (Fsp3) is 0.462. The molecule has 0 bridgehead atoms. The molecule has 0 radical (unpaired) electrons. The second kappa shape index (κ2) is 4.78. The Hall–Kier alpha value is -0.870. The van der Waals surface area contributed by atoms with Gasteiger partial charge in [0.1, 0.15) is 0 Å². The summed E-state index contributed by atoms with van der Waals surface area (Å²) in [5.74, 6) is 0.0583. The van der Waals surface area contributed by atoms with Gasteiger partial charge in [-0.2, -0.15) is 0 Å². The molecule has 4 heteroatoms. The summed E-state index contributed by atoms with van der Waals surface area (Å²) in [4.78, 5) is 13.3. The van der Waals surface area contributed by atoms with Crippen LogP contribution in [0.15, 0.2) is 16.6 Å². The van der Waals surface area contributed by atoms with Gasteiger partial charge in [0.25, 0.3) is 0 Å². The molecule has 17 heavy (non-hydrogen) atoms. The number of rotatable bonds is 2. The first-order valence-electron chi connectivity index (χ1n) is 5.83. The smallest absolute Gasteiger partial charge is 0.223 e. The Morgan fingerprint density at radius 3 is 2.88 bits per heavy atom. The zero-order chi connectivity index (χ0) is 12.6. The quantitative estimate of drug-likeness (QED) is 0.912. The van der Waals surface area contributed by atoms with Crippen molar-refractivity contribution in [3.05, 3.63) is 27.7 Å². The molecule has 1 heterocycles. The van der Waals surface area contributed by atoms with Gasteiger partial charge >= 0.3 is 0 Å². The van der Waals surface area contributed by atoms with E-state index in [1.54, 1.807) is 11.8 Å². The molecule has 0 fully saturated rings. The molecule has 0 unspecified atom stereocenters. The summed E-state index contributed by atoms with van der Waals surface area (Å²) in [6.07, 6.45) is 1.07. The largest absolute Gasteiger partial charge is 0.388 e. The lowest BCUT2D eigenvalue weighted by molar-refractivity contribution is -0.116. The van der Waals surface area contributed by atoms with E-state index in [9.17, 15) is 9.90 Å². The van der Waals surface area contributed by atoms with Gasteiger partial charge in [0.15, 0.2) is 0 Å². The van der Waals surface area contributed by atoms with Crippen LogP contribution in [0.25, 0.3) is 0 Å². The molecule has 1 aromatic rings. The van der Waals surface area contributed by atoms with E-state index in [2.05, 4.69) is 15.9 Å². The number of carbonyl (C=O) groups is 1. The normalized spacial score (nSPS) is 15.9. The molecule has 0 saturated carbocycles. The number of benzene rings is 1. The third-order valence-corrected chi connectivity index (χ3v) is 3.91. The van der Waals surface area contributed by atoms with Gasteiger partial charge in [0.2, 0.25) is 5.91 Å². The van der Waals surface area contributed by atoms with E-state index in [1.165, 1.54) is 5.56 Å². The summed E-state index contributed by atoms with van der Waals surface area (Å²) in [5, 5.41) is 9.93. The highest BCUT2D eigenvalue weighted by Crippen LogP contribution is 2.36. The van der Waals surface area contributed by atoms with Gasteiger partial charge in [-0.25, -0.2) is 0 Å². The van der Waals surface area contributed by atoms with Crippen LogP contribution in [0.3, 0.4) is 0 Å². The third-order valence-electron chi connectivity index (χ3n) is 3.22. The predicted octanol–water partition coefficient (Wildman–Crippen LogP) is 2.80. The lowest BCUT2D eigenvalue weighted by Crippen LogP contribution is -2.25. The molecule has 1 amide bonds. The molecule has 0 aromatic heterocycles. The molecule has 1 N–H and O–H groups in total. The molecule has 92 valence electrons. The molecule has 2 rings (SSSR count). The first-order chi connectivity index (χ1) is 8.04. The summed E-state index contributed by atoms with van der Waals surface area (Å²) in [5.41, 5.74) is 2.97. The van der Waals surface area contributed by atoms with Gasteiger partial charge in [0.05, 0.1) is 6.10 Å². The summed E-state index contributed by atoms with van der Waals surface area (Å²) in [6.45, 7) is 4.25. The Kier molecular flexibility index (Phi) is 3.54. The topological polar surface area (TPSA) is 40.5 Å². The van der Waals surface area contributed by atoms with Crippen LogP contribution in [0.1, 0.15) is 37.5 Å². The maximum Gasteiger partial charge on any atom is 0.223 e. The molecule has 0 saturated heterocycles. The highest BCUT2D eigenvalue weighted by molar-refractivity contribution is 9.10. The second-order valence-electron chi connectivity index (χ2n) is 4.35. The van der Waals surface area contributed by atoms with Crippen molar-refractivity contribution >= 4 is 27.5 Å². The minimum Gasteiger partial charge on any atom is -0.388 e. The van der Waals surface area contributed by atoms with Gasteiger partial charge in [-0.1, -0.05) is 22.9 Å². The number of anilines is 1. The van der Waals surface area contributed by atoms with E-state index in [0.29, 0.717) is 6.42 Å². The molecule has 0 aliphatic carbocycles. The lowest BCUT2D eigenvalue weighted by Gasteiger charge is -2.18. The molecule has 1 aliphatic rings. The van der Waals surface area contributed by atoms with Crippen LogP contribution in [-0.4, -0.2) is 17.6 Å². The van der Waals surface area contributed by atoms with E-state index in [4.69, 9.17) is 0 Å². The molecule has 0 spiro atoms. The van der Waals surface area contributed by atoms with E-state index in [-0.39, 0.29) is 5.91 Å². The third kappa shape index (κ3) is 2.24. The van der Waals surface area contributed by atoms with Crippen molar-refractivity contribution in [2.75, 3.05) is 11.4 Å². The van der Waals surface area contributed by atoms with Gasteiger partial charge in [-0.15, -0.1) is 0 Å². The number of hydrogen-bond donors (Lipinski definition) is 1. The highest BCUT2D eigenvalue weighted by atomic mass is 79.9. The summed E-state index contributed by atoms with van der Waals surface area (Å²) in [7, 11) is 0. The number of fused-ring (bicyclic) bond motifs is 1. The average Bonchev–Trinajstić information content (AvgIpc) is 2.69. The Balaban J connectivity index is 2.47. The van der Waals surface area contributed by atoms with Crippen LogP contribution in [0, 0.1) is 0 Å². The van der Waals surface area contributed by atoms with Gasteiger partial charge in [-0.05, 0) is 36.1 Å². The maximum absolute atomic E-state index is 11.5.